The third kappa shape index (κ3) is 7.37. The number of carbonyl (C=O) groups is 1. The maximum Gasteiger partial charge on any atom is 0.306 e. The highest BCUT2D eigenvalue weighted by Crippen LogP contribution is 2.30. The van der Waals surface area contributed by atoms with Crippen LogP contribution in [0.4, 0.5) is 0 Å². The molecule has 33 heavy (non-hydrogen) atoms. The second-order valence-corrected chi connectivity index (χ2v) is 8.64. The van der Waals surface area contributed by atoms with Gasteiger partial charge in [-0.2, -0.15) is 0 Å². The van der Waals surface area contributed by atoms with Gasteiger partial charge < -0.3 is 23.7 Å². The fourth-order valence-electron chi connectivity index (χ4n) is 3.85. The van der Waals surface area contributed by atoms with Gasteiger partial charge in [-0.15, -0.1) is 0 Å². The number of hydrogen-bond donors (Lipinski definition) is 0. The third-order valence-electron chi connectivity index (χ3n) is 6.01. The zero-order chi connectivity index (χ0) is 23.6. The van der Waals surface area contributed by atoms with Gasteiger partial charge in [0.1, 0.15) is 12.2 Å². The minimum absolute atomic E-state index is 0.248. The molecule has 0 aliphatic carbocycles. The molecule has 1 aliphatic heterocycles. The van der Waals surface area contributed by atoms with Crippen LogP contribution in [-0.2, 0) is 41.7 Å². The monoisotopic (exact) mass is 456 g/mol. The first-order valence-electron chi connectivity index (χ1n) is 11.7. The number of carbonyl (C=O) groups excluding carboxylic acids is 1. The predicted octanol–water partition coefficient (Wildman–Crippen LogP) is 4.90. The fourth-order valence-corrected chi connectivity index (χ4v) is 3.85. The van der Waals surface area contributed by atoms with Crippen molar-refractivity contribution in [3.05, 3.63) is 71.8 Å². The van der Waals surface area contributed by atoms with Gasteiger partial charge in [0.25, 0.3) is 0 Å². The number of ether oxygens (including phenoxy) is 5. The van der Waals surface area contributed by atoms with E-state index in [0.717, 1.165) is 17.5 Å². The Hall–Kier alpha value is -2.25. The first kappa shape index (κ1) is 25.4. The van der Waals surface area contributed by atoms with Gasteiger partial charge >= 0.3 is 5.97 Å². The molecule has 0 amide bonds. The summed E-state index contributed by atoms with van der Waals surface area (Å²) in [5.74, 6) is -0.00589. The first-order chi connectivity index (χ1) is 16.0. The summed E-state index contributed by atoms with van der Waals surface area (Å²) in [5, 5.41) is 0. The molecule has 0 spiro atoms. The van der Waals surface area contributed by atoms with E-state index in [1.165, 1.54) is 0 Å². The highest BCUT2D eigenvalue weighted by molar-refractivity contribution is 5.70. The van der Waals surface area contributed by atoms with Crippen molar-refractivity contribution in [2.45, 2.75) is 77.5 Å². The summed E-state index contributed by atoms with van der Waals surface area (Å²) in [6.45, 7) is 6.70. The molecule has 0 N–H and O–H groups in total. The molecule has 2 aromatic rings. The number of benzene rings is 2. The molecule has 0 saturated carbocycles. The standard InChI is InChI=1S/C27H36O6/c1-5-19(2)16-23(28)33-24-20(3)32-27(29-4)26(31-18-22-14-10-7-11-15-22)25(24)30-17-21-12-8-6-9-13-21/h6-15,19-20,24-27H,5,16-18H2,1-4H3/t19-,20-,24-,25+,26-,27+/m1/s1. The highest BCUT2D eigenvalue weighted by atomic mass is 16.7. The average Bonchev–Trinajstić information content (AvgIpc) is 2.84. The Labute approximate surface area is 197 Å². The molecule has 1 fully saturated rings. The van der Waals surface area contributed by atoms with E-state index in [0.29, 0.717) is 19.6 Å². The maximum absolute atomic E-state index is 12.7. The van der Waals surface area contributed by atoms with Crippen molar-refractivity contribution in [3.63, 3.8) is 0 Å². The molecular weight excluding hydrogens is 420 g/mol. The van der Waals surface area contributed by atoms with Crippen LogP contribution in [0.3, 0.4) is 0 Å². The number of esters is 1. The molecule has 180 valence electrons. The Morgan fingerprint density at radius 1 is 0.909 bits per heavy atom. The molecule has 0 bridgehead atoms. The molecule has 1 aliphatic rings. The van der Waals surface area contributed by atoms with Crippen LogP contribution >= 0.6 is 0 Å². The maximum atomic E-state index is 12.7. The Bertz CT molecular complexity index is 827. The van der Waals surface area contributed by atoms with Crippen LogP contribution in [0, 0.1) is 5.92 Å². The largest absolute Gasteiger partial charge is 0.457 e. The van der Waals surface area contributed by atoms with Crippen molar-refractivity contribution in [2.75, 3.05) is 7.11 Å². The predicted molar refractivity (Wildman–Crippen MR) is 125 cm³/mol. The summed E-state index contributed by atoms with van der Waals surface area (Å²) in [5.41, 5.74) is 2.05. The van der Waals surface area contributed by atoms with Gasteiger partial charge in [-0.1, -0.05) is 80.9 Å². The first-order valence-corrected chi connectivity index (χ1v) is 11.7. The fraction of sp³-hybridized carbons (Fsp3) is 0.519. The summed E-state index contributed by atoms with van der Waals surface area (Å²) < 4.78 is 30.2. The van der Waals surface area contributed by atoms with E-state index in [4.69, 9.17) is 23.7 Å². The molecule has 6 nitrogen and oxygen atoms in total. The van der Waals surface area contributed by atoms with E-state index in [9.17, 15) is 4.79 Å². The van der Waals surface area contributed by atoms with E-state index < -0.39 is 30.7 Å². The number of hydrogen-bond acceptors (Lipinski definition) is 6. The van der Waals surface area contributed by atoms with Crippen molar-refractivity contribution in [1.29, 1.82) is 0 Å². The summed E-state index contributed by atoms with van der Waals surface area (Å²) in [6.07, 6.45) is -1.53. The second-order valence-electron chi connectivity index (χ2n) is 8.64. The molecule has 3 rings (SSSR count). The van der Waals surface area contributed by atoms with Crippen LogP contribution in [0.1, 0.15) is 44.7 Å². The Morgan fingerprint density at radius 3 is 1.97 bits per heavy atom. The zero-order valence-corrected chi connectivity index (χ0v) is 20.0. The van der Waals surface area contributed by atoms with Crippen LogP contribution in [-0.4, -0.2) is 43.8 Å². The number of methoxy groups -OCH3 is 1. The summed E-state index contributed by atoms with van der Waals surface area (Å²) >= 11 is 0. The van der Waals surface area contributed by atoms with Crippen molar-refractivity contribution < 1.29 is 28.5 Å². The van der Waals surface area contributed by atoms with E-state index in [1.54, 1.807) is 7.11 Å². The van der Waals surface area contributed by atoms with E-state index in [-0.39, 0.29) is 11.9 Å². The normalized spacial score (nSPS) is 26.0. The third-order valence-corrected chi connectivity index (χ3v) is 6.01. The van der Waals surface area contributed by atoms with Gasteiger partial charge in [0.05, 0.1) is 19.3 Å². The molecule has 0 aromatic heterocycles. The zero-order valence-electron chi connectivity index (χ0n) is 20.0. The van der Waals surface area contributed by atoms with Crippen molar-refractivity contribution in [2.24, 2.45) is 5.92 Å². The molecular formula is C27H36O6. The van der Waals surface area contributed by atoms with Gasteiger partial charge in [-0.3, -0.25) is 4.79 Å². The van der Waals surface area contributed by atoms with Crippen molar-refractivity contribution in [1.82, 2.24) is 0 Å². The summed E-state index contributed by atoms with van der Waals surface area (Å²) in [7, 11) is 1.58. The average molecular weight is 457 g/mol. The molecule has 1 heterocycles. The highest BCUT2D eigenvalue weighted by Gasteiger charge is 2.48. The summed E-state index contributed by atoms with van der Waals surface area (Å²) in [6, 6.07) is 19.8. The molecule has 0 radical (unpaired) electrons. The van der Waals surface area contributed by atoms with Gasteiger partial charge in [0.15, 0.2) is 12.4 Å². The molecule has 0 unspecified atom stereocenters. The molecule has 1 saturated heterocycles. The van der Waals surface area contributed by atoms with E-state index in [1.807, 2.05) is 74.5 Å². The minimum atomic E-state index is -0.644. The summed E-state index contributed by atoms with van der Waals surface area (Å²) in [4.78, 5) is 12.7. The minimum Gasteiger partial charge on any atom is -0.457 e. The van der Waals surface area contributed by atoms with Gasteiger partial charge in [-0.25, -0.2) is 0 Å². The topological polar surface area (TPSA) is 63.2 Å². The second kappa shape index (κ2) is 12.8. The van der Waals surface area contributed by atoms with E-state index >= 15 is 0 Å². The van der Waals surface area contributed by atoms with Crippen LogP contribution in [0.15, 0.2) is 60.7 Å². The SMILES string of the molecule is CC[C@@H](C)CC(=O)O[C@H]1[C@H](OCc2ccccc2)[C@@H](OCc2ccccc2)[C@@H](OC)O[C@@H]1C. The van der Waals surface area contributed by atoms with Gasteiger partial charge in [-0.05, 0) is 24.0 Å². The lowest BCUT2D eigenvalue weighted by Crippen LogP contribution is -2.60. The Morgan fingerprint density at radius 2 is 1.45 bits per heavy atom. The Kier molecular flexibility index (Phi) is 9.88. The Balaban J connectivity index is 1.80. The molecule has 6 atom stereocenters. The lowest BCUT2D eigenvalue weighted by atomic mass is 9.98. The van der Waals surface area contributed by atoms with Crippen molar-refractivity contribution >= 4 is 5.97 Å². The van der Waals surface area contributed by atoms with Crippen LogP contribution < -0.4 is 0 Å². The lowest BCUT2D eigenvalue weighted by molar-refractivity contribution is -0.309. The lowest BCUT2D eigenvalue weighted by Gasteiger charge is -2.44. The quantitative estimate of drug-likeness (QED) is 0.449. The van der Waals surface area contributed by atoms with Crippen LogP contribution in [0.25, 0.3) is 0 Å². The molecule has 2 aromatic carbocycles. The molecule has 6 heteroatoms. The van der Waals surface area contributed by atoms with Gasteiger partial charge in [0, 0.05) is 13.5 Å². The number of rotatable bonds is 11. The van der Waals surface area contributed by atoms with Crippen molar-refractivity contribution in [3.8, 4) is 0 Å². The van der Waals surface area contributed by atoms with E-state index in [2.05, 4.69) is 6.92 Å². The van der Waals surface area contributed by atoms with Gasteiger partial charge in [0.2, 0.25) is 0 Å². The van der Waals surface area contributed by atoms with Crippen LogP contribution in [0.5, 0.6) is 0 Å². The smallest absolute Gasteiger partial charge is 0.306 e. The van der Waals surface area contributed by atoms with Crippen LogP contribution in [0.2, 0.25) is 0 Å².